The van der Waals surface area contributed by atoms with Gasteiger partial charge >= 0.3 is 0 Å². The number of hydrogen-bond donors (Lipinski definition) is 0. The summed E-state index contributed by atoms with van der Waals surface area (Å²) in [5, 5.41) is 1.58. The Morgan fingerprint density at radius 2 is 1.48 bits per heavy atom. The van der Waals surface area contributed by atoms with Crippen LogP contribution in [0.1, 0.15) is 73.5 Å². The molecule has 2 aromatic carbocycles. The second kappa shape index (κ2) is 10.0. The zero-order chi connectivity index (χ0) is 20.1. The number of likely N-dealkylation sites (tertiary alicyclic amines) is 1. The Kier molecular flexibility index (Phi) is 7.20. The van der Waals surface area contributed by atoms with E-state index in [9.17, 15) is 0 Å². The van der Waals surface area contributed by atoms with Crippen LogP contribution in [0.15, 0.2) is 42.5 Å². The van der Waals surface area contributed by atoms with E-state index in [1.54, 1.807) is 0 Å². The average Bonchev–Trinajstić information content (AvgIpc) is 2.75. The highest BCUT2D eigenvalue weighted by molar-refractivity contribution is 6.36. The van der Waals surface area contributed by atoms with E-state index in [1.165, 1.54) is 50.5 Å². The van der Waals surface area contributed by atoms with E-state index in [0.717, 1.165) is 40.8 Å². The van der Waals surface area contributed by atoms with Crippen molar-refractivity contribution in [2.45, 2.75) is 56.8 Å². The van der Waals surface area contributed by atoms with Gasteiger partial charge in [-0.05, 0) is 73.9 Å². The Balaban J connectivity index is 1.34. The Bertz CT molecular complexity index is 844. The van der Waals surface area contributed by atoms with Crippen molar-refractivity contribution in [3.63, 3.8) is 0 Å². The summed E-state index contributed by atoms with van der Waals surface area (Å²) in [4.78, 5) is 2.45. The number of piperidine rings is 1. The fourth-order valence-electron chi connectivity index (χ4n) is 4.84. The first-order valence-electron chi connectivity index (χ1n) is 11.0. The maximum atomic E-state index is 6.61. The van der Waals surface area contributed by atoms with E-state index >= 15 is 0 Å². The van der Waals surface area contributed by atoms with Crippen LogP contribution in [0.5, 0.6) is 0 Å². The molecule has 1 aliphatic heterocycles. The lowest BCUT2D eigenvalue weighted by atomic mass is 9.84. The summed E-state index contributed by atoms with van der Waals surface area (Å²) in [7, 11) is 0. The molecule has 0 radical (unpaired) electrons. The van der Waals surface area contributed by atoms with Crippen molar-refractivity contribution in [2.75, 3.05) is 19.6 Å². The molecule has 2 fully saturated rings. The third-order valence-corrected chi connectivity index (χ3v) is 7.11. The number of hydrogen-bond acceptors (Lipinski definition) is 1. The average molecular weight is 426 g/mol. The topological polar surface area (TPSA) is 3.24 Å². The fourth-order valence-corrected chi connectivity index (χ4v) is 5.64. The summed E-state index contributed by atoms with van der Waals surface area (Å²) >= 11 is 13.2. The van der Waals surface area contributed by atoms with E-state index in [4.69, 9.17) is 23.2 Å². The van der Waals surface area contributed by atoms with Crippen LogP contribution < -0.4 is 0 Å². The minimum atomic E-state index is 0.511. The lowest BCUT2D eigenvalue weighted by molar-refractivity contribution is 0.236. The smallest absolute Gasteiger partial charge is 0.0605 e. The largest absolute Gasteiger partial charge is 0.292 e. The first kappa shape index (κ1) is 20.8. The molecule has 3 heteroatoms. The summed E-state index contributed by atoms with van der Waals surface area (Å²) in [5.74, 6) is 7.82. The van der Waals surface area contributed by atoms with Gasteiger partial charge in [0.05, 0.1) is 6.54 Å². The van der Waals surface area contributed by atoms with Crippen LogP contribution in [0.4, 0.5) is 0 Å². The summed E-state index contributed by atoms with van der Waals surface area (Å²) in [5.41, 5.74) is 3.54. The molecule has 0 unspecified atom stereocenters. The second-order valence-corrected chi connectivity index (χ2v) is 9.27. The highest BCUT2D eigenvalue weighted by atomic mass is 35.5. The van der Waals surface area contributed by atoms with E-state index < -0.39 is 0 Å². The summed E-state index contributed by atoms with van der Waals surface area (Å²) in [6.07, 6.45) is 8.70. The van der Waals surface area contributed by atoms with Crippen molar-refractivity contribution < 1.29 is 0 Å². The van der Waals surface area contributed by atoms with Crippen molar-refractivity contribution in [3.05, 3.63) is 69.2 Å². The molecular formula is C26H29Cl2N. The molecule has 4 rings (SSSR count). The standard InChI is InChI=1S/C26H29Cl2N/c27-24-18-20(19-25(28)26(24)23-11-5-2-6-12-23)8-7-15-29-16-13-22(14-17-29)21-9-3-1-4-10-21/h1,3-4,9-10,18-19,22-23H,2,5-6,11-17H2. The Labute approximate surface area is 185 Å². The third-order valence-electron chi connectivity index (χ3n) is 6.49. The maximum absolute atomic E-state index is 6.61. The highest BCUT2D eigenvalue weighted by Crippen LogP contribution is 2.40. The summed E-state index contributed by atoms with van der Waals surface area (Å²) < 4.78 is 0. The lowest BCUT2D eigenvalue weighted by Crippen LogP contribution is -2.33. The van der Waals surface area contributed by atoms with E-state index in [2.05, 4.69) is 47.1 Å². The van der Waals surface area contributed by atoms with Gasteiger partial charge in [-0.25, -0.2) is 0 Å². The van der Waals surface area contributed by atoms with Gasteiger partial charge in [-0.1, -0.05) is 84.6 Å². The van der Waals surface area contributed by atoms with E-state index in [0.29, 0.717) is 11.8 Å². The van der Waals surface area contributed by atoms with E-state index in [1.807, 2.05) is 12.1 Å². The minimum Gasteiger partial charge on any atom is -0.292 e. The van der Waals surface area contributed by atoms with Crippen LogP contribution in [-0.2, 0) is 0 Å². The van der Waals surface area contributed by atoms with Crippen molar-refractivity contribution in [2.24, 2.45) is 0 Å². The van der Waals surface area contributed by atoms with Gasteiger partial charge in [-0.15, -0.1) is 0 Å². The first-order valence-corrected chi connectivity index (χ1v) is 11.7. The molecular weight excluding hydrogens is 397 g/mol. The molecule has 0 bridgehead atoms. The zero-order valence-corrected chi connectivity index (χ0v) is 18.5. The molecule has 1 aliphatic carbocycles. The molecule has 0 aromatic heterocycles. The number of rotatable bonds is 3. The number of benzene rings is 2. The van der Waals surface area contributed by atoms with Crippen molar-refractivity contribution in [1.29, 1.82) is 0 Å². The van der Waals surface area contributed by atoms with Crippen LogP contribution >= 0.6 is 23.2 Å². The zero-order valence-electron chi connectivity index (χ0n) is 17.0. The number of halogens is 2. The predicted octanol–water partition coefficient (Wildman–Crippen LogP) is 7.27. The second-order valence-electron chi connectivity index (χ2n) is 8.45. The Hall–Kier alpha value is -1.46. The van der Waals surface area contributed by atoms with Gasteiger partial charge in [0, 0.05) is 15.6 Å². The van der Waals surface area contributed by atoms with Gasteiger partial charge in [0.15, 0.2) is 0 Å². The normalized spacial score (nSPS) is 19.0. The lowest BCUT2D eigenvalue weighted by Gasteiger charge is -2.30. The molecule has 2 aromatic rings. The van der Waals surface area contributed by atoms with Crippen LogP contribution in [0, 0.1) is 11.8 Å². The summed E-state index contributed by atoms with van der Waals surface area (Å²) in [6.45, 7) is 3.02. The molecule has 0 spiro atoms. The van der Waals surface area contributed by atoms with Crippen molar-refractivity contribution >= 4 is 23.2 Å². The molecule has 0 atom stereocenters. The van der Waals surface area contributed by atoms with Gasteiger partial charge in [-0.3, -0.25) is 4.90 Å². The fraction of sp³-hybridized carbons (Fsp3) is 0.462. The molecule has 1 saturated heterocycles. The Morgan fingerprint density at radius 1 is 0.828 bits per heavy atom. The molecule has 1 heterocycles. The van der Waals surface area contributed by atoms with Crippen LogP contribution in [-0.4, -0.2) is 24.5 Å². The van der Waals surface area contributed by atoms with Gasteiger partial charge in [0.25, 0.3) is 0 Å². The molecule has 0 N–H and O–H groups in total. The predicted molar refractivity (Wildman–Crippen MR) is 124 cm³/mol. The SMILES string of the molecule is Clc1cc(C#CCN2CCC(c3ccccc3)CC2)cc(Cl)c1C1CCCCC1. The quantitative estimate of drug-likeness (QED) is 0.467. The molecule has 152 valence electrons. The van der Waals surface area contributed by atoms with Gasteiger partial charge in [0.2, 0.25) is 0 Å². The third kappa shape index (κ3) is 5.37. The molecule has 0 amide bonds. The van der Waals surface area contributed by atoms with E-state index in [-0.39, 0.29) is 0 Å². The van der Waals surface area contributed by atoms with Crippen molar-refractivity contribution in [3.8, 4) is 11.8 Å². The van der Waals surface area contributed by atoms with Gasteiger partial charge < -0.3 is 0 Å². The molecule has 2 aliphatic rings. The first-order chi connectivity index (χ1) is 14.2. The van der Waals surface area contributed by atoms with Crippen molar-refractivity contribution in [1.82, 2.24) is 4.90 Å². The van der Waals surface area contributed by atoms with Crippen LogP contribution in [0.3, 0.4) is 0 Å². The molecule has 1 saturated carbocycles. The number of nitrogens with zero attached hydrogens (tertiary/aromatic N) is 1. The van der Waals surface area contributed by atoms with Crippen LogP contribution in [0.25, 0.3) is 0 Å². The van der Waals surface area contributed by atoms with Gasteiger partial charge in [-0.2, -0.15) is 0 Å². The molecule has 1 nitrogen and oxygen atoms in total. The Morgan fingerprint density at radius 3 is 2.14 bits per heavy atom. The maximum Gasteiger partial charge on any atom is 0.0605 e. The highest BCUT2D eigenvalue weighted by Gasteiger charge is 2.21. The van der Waals surface area contributed by atoms with Crippen LogP contribution in [0.2, 0.25) is 10.0 Å². The molecule has 29 heavy (non-hydrogen) atoms. The monoisotopic (exact) mass is 425 g/mol. The van der Waals surface area contributed by atoms with Gasteiger partial charge in [0.1, 0.15) is 0 Å². The minimum absolute atomic E-state index is 0.511. The summed E-state index contributed by atoms with van der Waals surface area (Å²) in [6, 6.07) is 14.9.